The van der Waals surface area contributed by atoms with Crippen molar-refractivity contribution in [2.24, 2.45) is 10.2 Å². The van der Waals surface area contributed by atoms with Crippen LogP contribution in [0.5, 0.6) is 11.5 Å². The van der Waals surface area contributed by atoms with Crippen LogP contribution in [0.3, 0.4) is 0 Å². The summed E-state index contributed by atoms with van der Waals surface area (Å²) < 4.78 is 37.0. The first kappa shape index (κ1) is 26.0. The molecule has 1 fully saturated rings. The number of halogens is 1. The Morgan fingerprint density at radius 1 is 1.29 bits per heavy atom. The Hall–Kier alpha value is -2.65. The minimum absolute atomic E-state index is 0.0233. The van der Waals surface area contributed by atoms with Crippen LogP contribution in [0, 0.1) is 10.5 Å². The Bertz CT molecular complexity index is 1260. The SMILES string of the molecule is CCOc1cc(/C=N\N=C2\NC(=O)[C@@H](CC(=O)O)S2)cc(I)c1OS(=O)(=O)c1ccc(C)cc1. The van der Waals surface area contributed by atoms with Gasteiger partial charge in [0.05, 0.1) is 22.8 Å². The number of amidine groups is 1. The lowest BCUT2D eigenvalue weighted by Gasteiger charge is -2.14. The summed E-state index contributed by atoms with van der Waals surface area (Å²) in [6, 6.07) is 9.50. The third kappa shape index (κ3) is 6.70. The molecule has 1 aliphatic rings. The largest absolute Gasteiger partial charge is 0.490 e. The summed E-state index contributed by atoms with van der Waals surface area (Å²) in [5, 5.41) is 18.6. The molecular weight excluding hydrogens is 597 g/mol. The first-order valence-electron chi connectivity index (χ1n) is 9.87. The first-order valence-corrected chi connectivity index (χ1v) is 13.2. The van der Waals surface area contributed by atoms with Crippen LogP contribution >= 0.6 is 34.4 Å². The van der Waals surface area contributed by atoms with E-state index in [0.717, 1.165) is 17.3 Å². The summed E-state index contributed by atoms with van der Waals surface area (Å²) in [6.45, 7) is 3.88. The summed E-state index contributed by atoms with van der Waals surface area (Å²) in [5.74, 6) is -1.25. The topological polar surface area (TPSA) is 144 Å². The number of nitrogens with zero attached hydrogens (tertiary/aromatic N) is 2. The average Bonchev–Trinajstić information content (AvgIpc) is 3.09. The molecule has 34 heavy (non-hydrogen) atoms. The normalized spacial score (nSPS) is 17.2. The number of carbonyl (C=O) groups is 2. The summed E-state index contributed by atoms with van der Waals surface area (Å²) in [4.78, 5) is 22.6. The molecule has 3 rings (SSSR count). The van der Waals surface area contributed by atoms with E-state index < -0.39 is 27.2 Å². The molecule has 1 heterocycles. The maximum atomic E-state index is 12.7. The summed E-state index contributed by atoms with van der Waals surface area (Å²) in [6.07, 6.45) is 1.08. The van der Waals surface area contributed by atoms with Gasteiger partial charge in [-0.15, -0.1) is 5.10 Å². The number of hydrogen-bond acceptors (Lipinski definition) is 9. The van der Waals surface area contributed by atoms with Crippen molar-refractivity contribution in [2.45, 2.75) is 30.4 Å². The van der Waals surface area contributed by atoms with Crippen molar-refractivity contribution >= 4 is 67.7 Å². The van der Waals surface area contributed by atoms with Crippen molar-refractivity contribution in [1.82, 2.24) is 5.32 Å². The van der Waals surface area contributed by atoms with Gasteiger partial charge in [-0.05, 0) is 66.3 Å². The molecule has 180 valence electrons. The predicted octanol–water partition coefficient (Wildman–Crippen LogP) is 3.16. The second-order valence-corrected chi connectivity index (χ2v) is 10.9. The molecule has 10 nitrogen and oxygen atoms in total. The Morgan fingerprint density at radius 3 is 2.65 bits per heavy atom. The molecule has 0 aromatic heterocycles. The molecule has 2 aromatic rings. The smallest absolute Gasteiger partial charge is 0.339 e. The molecule has 1 atom stereocenters. The zero-order valence-corrected chi connectivity index (χ0v) is 21.8. The lowest BCUT2D eigenvalue weighted by molar-refractivity contribution is -0.138. The number of thioether (sulfide) groups is 1. The molecular formula is C21H20IN3O7S2. The van der Waals surface area contributed by atoms with Gasteiger partial charge >= 0.3 is 16.1 Å². The molecule has 1 amide bonds. The number of rotatable bonds is 9. The van der Waals surface area contributed by atoms with Gasteiger partial charge in [0.1, 0.15) is 10.1 Å². The predicted molar refractivity (Wildman–Crippen MR) is 136 cm³/mol. The van der Waals surface area contributed by atoms with Crippen molar-refractivity contribution in [3.05, 3.63) is 51.1 Å². The van der Waals surface area contributed by atoms with E-state index in [1.54, 1.807) is 31.2 Å². The lowest BCUT2D eigenvalue weighted by atomic mass is 10.2. The van der Waals surface area contributed by atoms with E-state index in [2.05, 4.69) is 15.5 Å². The molecule has 2 aromatic carbocycles. The molecule has 1 saturated heterocycles. The van der Waals surface area contributed by atoms with Gasteiger partial charge in [0.15, 0.2) is 16.7 Å². The van der Waals surface area contributed by atoms with Gasteiger partial charge in [-0.3, -0.25) is 9.59 Å². The number of carboxylic acid groups (broad SMARTS) is 1. The molecule has 0 radical (unpaired) electrons. The van der Waals surface area contributed by atoms with E-state index in [1.807, 2.05) is 29.5 Å². The summed E-state index contributed by atoms with van der Waals surface area (Å²) in [5.41, 5.74) is 1.47. The second kappa shape index (κ2) is 11.2. The minimum atomic E-state index is -4.08. The Labute approximate surface area is 214 Å². The summed E-state index contributed by atoms with van der Waals surface area (Å²) >= 11 is 2.92. The third-order valence-electron chi connectivity index (χ3n) is 4.33. The highest BCUT2D eigenvalue weighted by atomic mass is 127. The fourth-order valence-corrected chi connectivity index (χ4v) is 5.52. The van der Waals surface area contributed by atoms with Gasteiger partial charge in [-0.1, -0.05) is 29.5 Å². The van der Waals surface area contributed by atoms with Gasteiger partial charge in [-0.2, -0.15) is 13.5 Å². The molecule has 0 unspecified atom stereocenters. The highest BCUT2D eigenvalue weighted by Gasteiger charge is 2.32. The zero-order valence-electron chi connectivity index (χ0n) is 18.0. The van der Waals surface area contributed by atoms with Gasteiger partial charge in [0.25, 0.3) is 0 Å². The monoisotopic (exact) mass is 617 g/mol. The number of benzene rings is 2. The highest BCUT2D eigenvalue weighted by Crippen LogP contribution is 2.36. The number of carboxylic acids is 1. The quantitative estimate of drug-likeness (QED) is 0.189. The van der Waals surface area contributed by atoms with Gasteiger partial charge in [0, 0.05) is 0 Å². The van der Waals surface area contributed by atoms with Crippen LogP contribution in [0.1, 0.15) is 24.5 Å². The van der Waals surface area contributed by atoms with Crippen LogP contribution in [-0.4, -0.2) is 48.6 Å². The van der Waals surface area contributed by atoms with Crippen LogP contribution in [0.4, 0.5) is 0 Å². The third-order valence-corrected chi connectivity index (χ3v) is 7.44. The second-order valence-electron chi connectivity index (χ2n) is 6.96. The number of aliphatic carboxylic acids is 1. The zero-order chi connectivity index (χ0) is 24.9. The van der Waals surface area contributed by atoms with Gasteiger partial charge in [-0.25, -0.2) is 0 Å². The van der Waals surface area contributed by atoms with Crippen LogP contribution < -0.4 is 14.2 Å². The van der Waals surface area contributed by atoms with E-state index >= 15 is 0 Å². The minimum Gasteiger partial charge on any atom is -0.490 e. The van der Waals surface area contributed by atoms with E-state index in [0.29, 0.717) is 9.13 Å². The van der Waals surface area contributed by atoms with Crippen molar-refractivity contribution in [3.8, 4) is 11.5 Å². The van der Waals surface area contributed by atoms with E-state index in [1.165, 1.54) is 18.3 Å². The molecule has 0 aliphatic carbocycles. The molecule has 1 aliphatic heterocycles. The standard InChI is InChI=1S/C21H20IN3O7S2/c1-3-31-16-9-13(11-23-25-21-24-20(28)17(33-21)10-18(26)27)8-15(22)19(16)32-34(29,30)14-6-4-12(2)5-7-14/h4-9,11,17H,3,10H2,1-2H3,(H,26,27)(H,24,25,28)/b23-11-/t17-/m1/s1. The molecule has 0 spiro atoms. The van der Waals surface area contributed by atoms with Crippen LogP contribution in [-0.2, 0) is 19.7 Å². The van der Waals surface area contributed by atoms with Crippen molar-refractivity contribution < 1.29 is 32.0 Å². The molecule has 2 N–H and O–H groups in total. The molecule has 0 saturated carbocycles. The maximum Gasteiger partial charge on any atom is 0.339 e. The van der Waals surface area contributed by atoms with Crippen molar-refractivity contribution in [3.63, 3.8) is 0 Å². The first-order chi connectivity index (χ1) is 16.1. The Morgan fingerprint density at radius 2 is 2.00 bits per heavy atom. The fourth-order valence-electron chi connectivity index (χ4n) is 2.76. The number of hydrogen-bond donors (Lipinski definition) is 2. The summed E-state index contributed by atoms with van der Waals surface area (Å²) in [7, 11) is -4.08. The highest BCUT2D eigenvalue weighted by molar-refractivity contribution is 14.1. The average molecular weight is 617 g/mol. The van der Waals surface area contributed by atoms with E-state index in [4.69, 9.17) is 14.0 Å². The van der Waals surface area contributed by atoms with Gasteiger partial charge < -0.3 is 19.3 Å². The number of carbonyl (C=O) groups excluding carboxylic acids is 1. The number of aryl methyl sites for hydroxylation is 1. The Balaban J connectivity index is 1.81. The van der Waals surface area contributed by atoms with Crippen LogP contribution in [0.15, 0.2) is 51.5 Å². The number of nitrogens with one attached hydrogen (secondary N) is 1. The van der Waals surface area contributed by atoms with Gasteiger partial charge in [0.2, 0.25) is 5.91 Å². The molecule has 0 bridgehead atoms. The van der Waals surface area contributed by atoms with E-state index in [-0.39, 0.29) is 34.6 Å². The lowest BCUT2D eigenvalue weighted by Crippen LogP contribution is -2.26. The maximum absolute atomic E-state index is 12.7. The number of amides is 1. The van der Waals surface area contributed by atoms with Crippen LogP contribution in [0.25, 0.3) is 0 Å². The van der Waals surface area contributed by atoms with Crippen LogP contribution in [0.2, 0.25) is 0 Å². The Kier molecular flexibility index (Phi) is 8.54. The molecule has 13 heteroatoms. The fraction of sp³-hybridized carbons (Fsp3) is 0.238. The van der Waals surface area contributed by atoms with Crippen molar-refractivity contribution in [1.29, 1.82) is 0 Å². The number of ether oxygens (including phenoxy) is 1. The van der Waals surface area contributed by atoms with Crippen molar-refractivity contribution in [2.75, 3.05) is 6.61 Å². The van der Waals surface area contributed by atoms with E-state index in [9.17, 15) is 18.0 Å².